The number of rotatable bonds is 5. The number of nitrogens with zero attached hydrogens (tertiary/aromatic N) is 2. The molecule has 2 amide bonds. The van der Waals surface area contributed by atoms with Crippen molar-refractivity contribution < 1.29 is 28.6 Å². The molecule has 0 aromatic heterocycles. The van der Waals surface area contributed by atoms with Crippen LogP contribution in [0.5, 0.6) is 17.2 Å². The smallest absolute Gasteiger partial charge is 0.281 e. The fraction of sp³-hybridized carbons (Fsp3) is 0.348. The summed E-state index contributed by atoms with van der Waals surface area (Å²) in [7, 11) is 4.60. The van der Waals surface area contributed by atoms with Gasteiger partial charge in [0.15, 0.2) is 11.5 Å². The quantitative estimate of drug-likeness (QED) is 0.686. The van der Waals surface area contributed by atoms with Crippen molar-refractivity contribution in [2.45, 2.75) is 32.3 Å². The first-order valence-electron chi connectivity index (χ1n) is 9.84. The summed E-state index contributed by atoms with van der Waals surface area (Å²) in [6.07, 6.45) is 0.0626. The van der Waals surface area contributed by atoms with Gasteiger partial charge in [0, 0.05) is 18.1 Å². The number of carbonyl (C=O) groups is 2. The Morgan fingerprint density at radius 1 is 0.935 bits per heavy atom. The molecule has 0 bridgehead atoms. The van der Waals surface area contributed by atoms with Crippen molar-refractivity contribution in [3.63, 3.8) is 0 Å². The van der Waals surface area contributed by atoms with Crippen LogP contribution in [0.25, 0.3) is 0 Å². The third-order valence-electron chi connectivity index (χ3n) is 5.74. The number of methoxy groups -OCH3 is 3. The summed E-state index contributed by atoms with van der Waals surface area (Å²) in [5.74, 6) is 0.783. The normalized spacial score (nSPS) is 20.2. The molecule has 2 aromatic rings. The molecular weight excluding hydrogens is 400 g/mol. The first kappa shape index (κ1) is 20.7. The average Bonchev–Trinajstić information content (AvgIpc) is 3.28. The second-order valence-electron chi connectivity index (χ2n) is 7.66. The Bertz CT molecular complexity index is 1090. The fourth-order valence-corrected chi connectivity index (χ4v) is 4.19. The molecule has 0 saturated carbocycles. The Hall–Kier alpha value is -3.55. The number of hydrogen-bond acceptors (Lipinski definition) is 7. The van der Waals surface area contributed by atoms with Crippen molar-refractivity contribution in [1.82, 2.24) is 0 Å². The maximum Gasteiger partial charge on any atom is 0.281 e. The van der Waals surface area contributed by atoms with Crippen molar-refractivity contribution in [1.29, 1.82) is 0 Å². The van der Waals surface area contributed by atoms with E-state index >= 15 is 0 Å². The Balaban J connectivity index is 1.69. The number of ether oxygens (including phenoxy) is 3. The van der Waals surface area contributed by atoms with Gasteiger partial charge in [0.25, 0.3) is 5.91 Å². The zero-order valence-corrected chi connectivity index (χ0v) is 18.1. The predicted octanol–water partition coefficient (Wildman–Crippen LogP) is 3.16. The molecule has 1 fully saturated rings. The second kappa shape index (κ2) is 7.61. The number of amides is 2. The minimum atomic E-state index is -1.36. The monoisotopic (exact) mass is 424 g/mol. The molecule has 1 saturated heterocycles. The Morgan fingerprint density at radius 2 is 1.55 bits per heavy atom. The first-order chi connectivity index (χ1) is 14.8. The van der Waals surface area contributed by atoms with Gasteiger partial charge in [0.1, 0.15) is 5.75 Å². The van der Waals surface area contributed by atoms with Gasteiger partial charge >= 0.3 is 0 Å². The van der Waals surface area contributed by atoms with Crippen molar-refractivity contribution in [3.05, 3.63) is 47.0 Å². The summed E-state index contributed by atoms with van der Waals surface area (Å²) in [4.78, 5) is 33.2. The van der Waals surface area contributed by atoms with E-state index in [0.29, 0.717) is 34.2 Å². The number of benzene rings is 2. The van der Waals surface area contributed by atoms with Crippen LogP contribution >= 0.6 is 0 Å². The highest BCUT2D eigenvalue weighted by atomic mass is 16.7. The zero-order valence-electron chi connectivity index (χ0n) is 18.1. The van der Waals surface area contributed by atoms with E-state index < -0.39 is 11.5 Å². The summed E-state index contributed by atoms with van der Waals surface area (Å²) >= 11 is 0. The summed E-state index contributed by atoms with van der Waals surface area (Å²) in [6, 6.07) is 9.06. The molecular formula is C23H24N2O6. The van der Waals surface area contributed by atoms with Crippen LogP contribution in [-0.2, 0) is 14.4 Å². The molecule has 0 radical (unpaired) electrons. The number of para-hydroxylation sites is 1. The van der Waals surface area contributed by atoms with Gasteiger partial charge in [0.05, 0.1) is 39.1 Å². The molecule has 31 heavy (non-hydrogen) atoms. The molecule has 0 N–H and O–H groups in total. The lowest BCUT2D eigenvalue weighted by Gasteiger charge is -2.22. The third-order valence-corrected chi connectivity index (χ3v) is 5.74. The molecule has 2 aliphatic heterocycles. The highest BCUT2D eigenvalue weighted by Crippen LogP contribution is 2.43. The van der Waals surface area contributed by atoms with Gasteiger partial charge in [-0.2, -0.15) is 0 Å². The third kappa shape index (κ3) is 3.19. The first-order valence-corrected chi connectivity index (χ1v) is 9.84. The lowest BCUT2D eigenvalue weighted by Crippen LogP contribution is -2.41. The molecule has 2 aliphatic rings. The minimum absolute atomic E-state index is 0.0811. The Kier molecular flexibility index (Phi) is 5.08. The molecule has 0 unspecified atom stereocenters. The van der Waals surface area contributed by atoms with E-state index in [1.165, 1.54) is 26.2 Å². The van der Waals surface area contributed by atoms with Gasteiger partial charge in [0.2, 0.25) is 11.5 Å². The average molecular weight is 424 g/mol. The van der Waals surface area contributed by atoms with Gasteiger partial charge in [-0.25, -0.2) is 4.90 Å². The summed E-state index contributed by atoms with van der Waals surface area (Å²) < 4.78 is 16.2. The predicted molar refractivity (Wildman–Crippen MR) is 114 cm³/mol. The zero-order chi connectivity index (χ0) is 22.3. The number of oxime groups is 1. The lowest BCUT2D eigenvalue weighted by atomic mass is 9.92. The van der Waals surface area contributed by atoms with Gasteiger partial charge in [-0.1, -0.05) is 23.4 Å². The molecule has 8 heteroatoms. The van der Waals surface area contributed by atoms with Gasteiger partial charge in [-0.05, 0) is 31.0 Å². The maximum atomic E-state index is 13.4. The van der Waals surface area contributed by atoms with Crippen molar-refractivity contribution in [3.8, 4) is 17.2 Å². The minimum Gasteiger partial charge on any atom is -0.496 e. The maximum absolute atomic E-state index is 13.4. The molecule has 2 aromatic carbocycles. The Morgan fingerprint density at radius 3 is 2.16 bits per heavy atom. The molecule has 1 atom stereocenters. The van der Waals surface area contributed by atoms with Crippen LogP contribution in [0.2, 0.25) is 0 Å². The van der Waals surface area contributed by atoms with Crippen LogP contribution in [0, 0.1) is 13.8 Å². The lowest BCUT2D eigenvalue weighted by molar-refractivity contribution is -0.136. The SMILES string of the molecule is COc1cc(OC)c(C2=NO[C@@]3(CC(=O)N(c4c(C)cccc4C)C3=O)C2)cc1OC. The molecule has 162 valence electrons. The summed E-state index contributed by atoms with van der Waals surface area (Å²) in [6.45, 7) is 3.75. The molecule has 0 aliphatic carbocycles. The Labute approximate surface area is 180 Å². The van der Waals surface area contributed by atoms with Crippen LogP contribution in [-0.4, -0.2) is 44.5 Å². The standard InChI is InChI=1S/C23H24N2O6/c1-13-7-6-8-14(2)21(13)25-20(26)12-23(22(25)27)11-16(24-31-23)15-9-18(29-4)19(30-5)10-17(15)28-3/h6-10H,11-12H2,1-5H3/t23-/m1/s1. The van der Waals surface area contributed by atoms with Crippen molar-refractivity contribution >= 4 is 23.2 Å². The van der Waals surface area contributed by atoms with Crippen molar-refractivity contribution in [2.24, 2.45) is 5.16 Å². The van der Waals surface area contributed by atoms with Crippen LogP contribution in [0.4, 0.5) is 5.69 Å². The van der Waals surface area contributed by atoms with E-state index in [1.54, 1.807) is 12.1 Å². The molecule has 8 nitrogen and oxygen atoms in total. The van der Waals surface area contributed by atoms with E-state index in [0.717, 1.165) is 11.1 Å². The number of carbonyl (C=O) groups excluding carboxylic acids is 2. The topological polar surface area (TPSA) is 86.7 Å². The van der Waals surface area contributed by atoms with Crippen LogP contribution in [0.1, 0.15) is 29.5 Å². The fourth-order valence-electron chi connectivity index (χ4n) is 4.19. The van der Waals surface area contributed by atoms with Gasteiger partial charge in [-0.15, -0.1) is 0 Å². The van der Waals surface area contributed by atoms with Gasteiger partial charge < -0.3 is 19.0 Å². The van der Waals surface area contributed by atoms with E-state index in [1.807, 2.05) is 32.0 Å². The number of hydrogen-bond donors (Lipinski definition) is 0. The summed E-state index contributed by atoms with van der Waals surface area (Å²) in [5, 5.41) is 4.18. The highest BCUT2D eigenvalue weighted by Gasteiger charge is 2.58. The van der Waals surface area contributed by atoms with Gasteiger partial charge in [-0.3, -0.25) is 9.59 Å². The number of aryl methyl sites for hydroxylation is 2. The van der Waals surface area contributed by atoms with Crippen LogP contribution in [0.3, 0.4) is 0 Å². The number of anilines is 1. The molecule has 4 rings (SSSR count). The van der Waals surface area contributed by atoms with E-state index in [4.69, 9.17) is 19.0 Å². The van der Waals surface area contributed by atoms with E-state index in [-0.39, 0.29) is 18.7 Å². The molecule has 1 spiro atoms. The largest absolute Gasteiger partial charge is 0.496 e. The second-order valence-corrected chi connectivity index (χ2v) is 7.66. The van der Waals surface area contributed by atoms with Crippen molar-refractivity contribution in [2.75, 3.05) is 26.2 Å². The molecule has 2 heterocycles. The van der Waals surface area contributed by atoms with Crippen LogP contribution in [0.15, 0.2) is 35.5 Å². The number of imide groups is 1. The van der Waals surface area contributed by atoms with Crippen LogP contribution < -0.4 is 19.1 Å². The summed E-state index contributed by atoms with van der Waals surface area (Å²) in [5.41, 5.74) is 2.05. The van der Waals surface area contributed by atoms with E-state index in [2.05, 4.69) is 5.16 Å². The highest BCUT2D eigenvalue weighted by molar-refractivity contribution is 6.26. The van der Waals surface area contributed by atoms with E-state index in [9.17, 15) is 9.59 Å².